The standard InChI is InChI=1S/C14H15BrN2O2/c1-19-9-11-13(15)14(18)17-12(16-11)8-7-10-5-3-2-4-6-10/h2-6H,7-9H2,1H3,(H,16,17,18). The summed E-state index contributed by atoms with van der Waals surface area (Å²) in [4.78, 5) is 18.9. The maximum absolute atomic E-state index is 11.7. The molecule has 1 heterocycles. The third-order valence-corrected chi connectivity index (χ3v) is 3.57. The van der Waals surface area contributed by atoms with Gasteiger partial charge >= 0.3 is 0 Å². The number of nitrogens with zero attached hydrogens (tertiary/aromatic N) is 1. The van der Waals surface area contributed by atoms with Crippen LogP contribution in [0.25, 0.3) is 0 Å². The van der Waals surface area contributed by atoms with Crippen LogP contribution in [0.15, 0.2) is 39.6 Å². The second-order valence-electron chi connectivity index (χ2n) is 4.19. The molecule has 0 saturated heterocycles. The predicted molar refractivity (Wildman–Crippen MR) is 77.1 cm³/mol. The molecule has 0 aliphatic rings. The maximum Gasteiger partial charge on any atom is 0.265 e. The van der Waals surface area contributed by atoms with Gasteiger partial charge in [0.15, 0.2) is 0 Å². The van der Waals surface area contributed by atoms with Crippen molar-refractivity contribution in [3.05, 3.63) is 62.2 Å². The predicted octanol–water partition coefficient (Wildman–Crippen LogP) is 2.46. The molecule has 2 aromatic rings. The first-order valence-electron chi connectivity index (χ1n) is 6.01. The van der Waals surface area contributed by atoms with Gasteiger partial charge < -0.3 is 9.72 Å². The van der Waals surface area contributed by atoms with Crippen molar-refractivity contribution in [2.24, 2.45) is 0 Å². The molecule has 0 bridgehead atoms. The molecule has 0 radical (unpaired) electrons. The maximum atomic E-state index is 11.7. The molecule has 1 N–H and O–H groups in total. The number of ether oxygens (including phenoxy) is 1. The summed E-state index contributed by atoms with van der Waals surface area (Å²) >= 11 is 3.23. The molecule has 4 nitrogen and oxygen atoms in total. The van der Waals surface area contributed by atoms with Crippen molar-refractivity contribution in [3.63, 3.8) is 0 Å². The Morgan fingerprint density at radius 1 is 1.26 bits per heavy atom. The molecule has 0 saturated carbocycles. The van der Waals surface area contributed by atoms with Gasteiger partial charge in [0, 0.05) is 13.5 Å². The number of aryl methyl sites for hydroxylation is 2. The number of hydrogen-bond acceptors (Lipinski definition) is 3. The van der Waals surface area contributed by atoms with Crippen LogP contribution in [-0.2, 0) is 24.2 Å². The highest BCUT2D eigenvalue weighted by Gasteiger charge is 2.08. The molecule has 0 aliphatic carbocycles. The van der Waals surface area contributed by atoms with Crippen LogP contribution < -0.4 is 5.56 Å². The lowest BCUT2D eigenvalue weighted by Crippen LogP contribution is -2.16. The van der Waals surface area contributed by atoms with Crippen LogP contribution in [-0.4, -0.2) is 17.1 Å². The topological polar surface area (TPSA) is 55.0 Å². The van der Waals surface area contributed by atoms with E-state index in [-0.39, 0.29) is 5.56 Å². The van der Waals surface area contributed by atoms with E-state index in [4.69, 9.17) is 4.74 Å². The number of methoxy groups -OCH3 is 1. The van der Waals surface area contributed by atoms with Gasteiger partial charge in [-0.1, -0.05) is 30.3 Å². The molecule has 1 aromatic carbocycles. The van der Waals surface area contributed by atoms with Crippen molar-refractivity contribution in [2.45, 2.75) is 19.4 Å². The molecule has 19 heavy (non-hydrogen) atoms. The number of aromatic nitrogens is 2. The summed E-state index contributed by atoms with van der Waals surface area (Å²) < 4.78 is 5.48. The van der Waals surface area contributed by atoms with E-state index in [9.17, 15) is 4.79 Å². The van der Waals surface area contributed by atoms with Crippen LogP contribution in [0.3, 0.4) is 0 Å². The minimum Gasteiger partial charge on any atom is -0.378 e. The van der Waals surface area contributed by atoms with E-state index in [0.717, 1.165) is 6.42 Å². The van der Waals surface area contributed by atoms with Crippen LogP contribution in [0.4, 0.5) is 0 Å². The van der Waals surface area contributed by atoms with Crippen molar-refractivity contribution in [2.75, 3.05) is 7.11 Å². The highest BCUT2D eigenvalue weighted by Crippen LogP contribution is 2.11. The van der Waals surface area contributed by atoms with Crippen LogP contribution in [0.2, 0.25) is 0 Å². The lowest BCUT2D eigenvalue weighted by molar-refractivity contribution is 0.180. The molecule has 0 atom stereocenters. The van der Waals surface area contributed by atoms with Crippen molar-refractivity contribution < 1.29 is 4.74 Å². The molecule has 2 rings (SSSR count). The van der Waals surface area contributed by atoms with E-state index in [1.165, 1.54) is 5.56 Å². The lowest BCUT2D eigenvalue weighted by atomic mass is 10.1. The summed E-state index contributed by atoms with van der Waals surface area (Å²) in [6.07, 6.45) is 1.54. The first-order chi connectivity index (χ1) is 9.20. The van der Waals surface area contributed by atoms with E-state index in [1.807, 2.05) is 18.2 Å². The zero-order valence-corrected chi connectivity index (χ0v) is 12.2. The Hall–Kier alpha value is -1.46. The average Bonchev–Trinajstić information content (AvgIpc) is 2.43. The number of hydrogen-bond donors (Lipinski definition) is 1. The molecule has 0 amide bonds. The van der Waals surface area contributed by atoms with Crippen LogP contribution in [0.5, 0.6) is 0 Å². The minimum atomic E-state index is -0.162. The van der Waals surface area contributed by atoms with E-state index in [0.29, 0.717) is 29.0 Å². The molecule has 0 fully saturated rings. The fraction of sp³-hybridized carbons (Fsp3) is 0.286. The molecule has 1 aromatic heterocycles. The largest absolute Gasteiger partial charge is 0.378 e. The molecular formula is C14H15BrN2O2. The highest BCUT2D eigenvalue weighted by atomic mass is 79.9. The smallest absolute Gasteiger partial charge is 0.265 e. The van der Waals surface area contributed by atoms with Gasteiger partial charge in [0.05, 0.1) is 12.3 Å². The fourth-order valence-electron chi connectivity index (χ4n) is 1.82. The molecule has 0 spiro atoms. The second kappa shape index (κ2) is 6.63. The van der Waals surface area contributed by atoms with Gasteiger partial charge in [-0.3, -0.25) is 4.79 Å². The number of halogens is 1. The summed E-state index contributed by atoms with van der Waals surface area (Å²) in [7, 11) is 1.58. The summed E-state index contributed by atoms with van der Waals surface area (Å²) in [5.41, 5.74) is 1.70. The monoisotopic (exact) mass is 322 g/mol. The van der Waals surface area contributed by atoms with E-state index in [1.54, 1.807) is 7.11 Å². The van der Waals surface area contributed by atoms with Crippen molar-refractivity contribution in [3.8, 4) is 0 Å². The van der Waals surface area contributed by atoms with Crippen LogP contribution in [0.1, 0.15) is 17.1 Å². The van der Waals surface area contributed by atoms with E-state index < -0.39 is 0 Å². The van der Waals surface area contributed by atoms with Gasteiger partial charge in [-0.05, 0) is 27.9 Å². The first-order valence-corrected chi connectivity index (χ1v) is 6.80. The Morgan fingerprint density at radius 2 is 2.00 bits per heavy atom. The number of benzene rings is 1. The molecule has 5 heteroatoms. The summed E-state index contributed by atoms with van der Waals surface area (Å²) in [6.45, 7) is 0.322. The Labute approximate surface area is 120 Å². The quantitative estimate of drug-likeness (QED) is 0.920. The van der Waals surface area contributed by atoms with Crippen LogP contribution in [0, 0.1) is 0 Å². The van der Waals surface area contributed by atoms with Crippen molar-refractivity contribution in [1.29, 1.82) is 0 Å². The van der Waals surface area contributed by atoms with Gasteiger partial charge in [0.2, 0.25) is 0 Å². The van der Waals surface area contributed by atoms with Crippen molar-refractivity contribution in [1.82, 2.24) is 9.97 Å². The average molecular weight is 323 g/mol. The van der Waals surface area contributed by atoms with Gasteiger partial charge in [-0.25, -0.2) is 4.98 Å². The number of aromatic amines is 1. The SMILES string of the molecule is COCc1nc(CCc2ccccc2)[nH]c(=O)c1Br. The normalized spacial score (nSPS) is 10.6. The highest BCUT2D eigenvalue weighted by molar-refractivity contribution is 9.10. The number of rotatable bonds is 5. The summed E-state index contributed by atoms with van der Waals surface area (Å²) in [6, 6.07) is 10.1. The molecule has 100 valence electrons. The van der Waals surface area contributed by atoms with Gasteiger partial charge in [0.25, 0.3) is 5.56 Å². The van der Waals surface area contributed by atoms with Gasteiger partial charge in [0.1, 0.15) is 10.3 Å². The van der Waals surface area contributed by atoms with Crippen molar-refractivity contribution >= 4 is 15.9 Å². The Kier molecular flexibility index (Phi) is 4.87. The first kappa shape index (κ1) is 14.0. The van der Waals surface area contributed by atoms with Gasteiger partial charge in [-0.2, -0.15) is 0 Å². The third kappa shape index (κ3) is 3.75. The lowest BCUT2D eigenvalue weighted by Gasteiger charge is -2.06. The number of nitrogens with one attached hydrogen (secondary N) is 1. The van der Waals surface area contributed by atoms with Crippen LogP contribution >= 0.6 is 15.9 Å². The Morgan fingerprint density at radius 3 is 2.68 bits per heavy atom. The zero-order chi connectivity index (χ0) is 13.7. The van der Waals surface area contributed by atoms with E-state index in [2.05, 4.69) is 38.0 Å². The summed E-state index contributed by atoms with van der Waals surface area (Å²) in [5.74, 6) is 0.684. The summed E-state index contributed by atoms with van der Waals surface area (Å²) in [5, 5.41) is 0. The Bertz CT molecular complexity index is 596. The van der Waals surface area contributed by atoms with E-state index >= 15 is 0 Å². The molecule has 0 aliphatic heterocycles. The molecular weight excluding hydrogens is 308 g/mol. The third-order valence-electron chi connectivity index (χ3n) is 2.75. The fourth-order valence-corrected chi connectivity index (χ4v) is 2.12. The minimum absolute atomic E-state index is 0.162. The number of H-pyrrole nitrogens is 1. The second-order valence-corrected chi connectivity index (χ2v) is 4.98. The zero-order valence-electron chi connectivity index (χ0n) is 10.6. The van der Waals surface area contributed by atoms with Gasteiger partial charge in [-0.15, -0.1) is 0 Å². The molecule has 0 unspecified atom stereocenters. The Balaban J connectivity index is 2.14.